The lowest BCUT2D eigenvalue weighted by Crippen LogP contribution is -2.33. The number of H-pyrrole nitrogens is 1. The highest BCUT2D eigenvalue weighted by atomic mass is 35.5. The number of benzene rings is 1. The molecule has 1 saturated heterocycles. The smallest absolute Gasteiger partial charge is 0.328 e. The van der Waals surface area contributed by atoms with Crippen LogP contribution in [-0.2, 0) is 6.54 Å². The van der Waals surface area contributed by atoms with Crippen LogP contribution < -0.4 is 16.3 Å². The summed E-state index contributed by atoms with van der Waals surface area (Å²) in [5.41, 5.74) is 3.10. The van der Waals surface area contributed by atoms with Gasteiger partial charge in [-0.3, -0.25) is 4.57 Å². The van der Waals surface area contributed by atoms with Crippen molar-refractivity contribution >= 4 is 28.7 Å². The molecule has 0 spiro atoms. The standard InChI is InChI=1S/C19H23ClN6O/c1-12-4-5-15(20)7-14(12)11-26-17-16(24-19(26)27)10-23-18(25-17)22-9-13-3-2-6-21-8-13/h4-5,7,10,13,21H,2-3,6,8-9,11H2,1H3,(H,24,27)(H,22,23,25)/t13-/m1/s1. The van der Waals surface area contributed by atoms with E-state index >= 15 is 0 Å². The largest absolute Gasteiger partial charge is 0.354 e. The molecule has 1 aliphatic rings. The van der Waals surface area contributed by atoms with Gasteiger partial charge in [0.1, 0.15) is 5.52 Å². The zero-order valence-electron chi connectivity index (χ0n) is 15.3. The maximum Gasteiger partial charge on any atom is 0.328 e. The Morgan fingerprint density at radius 2 is 2.30 bits per heavy atom. The van der Waals surface area contributed by atoms with Crippen molar-refractivity contribution in [3.05, 3.63) is 51.0 Å². The van der Waals surface area contributed by atoms with E-state index in [-0.39, 0.29) is 5.69 Å². The number of fused-ring (bicyclic) bond motifs is 1. The van der Waals surface area contributed by atoms with Crippen molar-refractivity contribution in [2.24, 2.45) is 5.92 Å². The first kappa shape index (κ1) is 18.0. The number of rotatable bonds is 5. The molecule has 27 heavy (non-hydrogen) atoms. The molecule has 3 aromatic rings. The van der Waals surface area contributed by atoms with Gasteiger partial charge in [0.2, 0.25) is 5.95 Å². The Morgan fingerprint density at radius 3 is 3.11 bits per heavy atom. The molecule has 0 bridgehead atoms. The topological polar surface area (TPSA) is 87.6 Å². The highest BCUT2D eigenvalue weighted by Gasteiger charge is 2.15. The summed E-state index contributed by atoms with van der Waals surface area (Å²) in [6.45, 7) is 5.34. The summed E-state index contributed by atoms with van der Waals surface area (Å²) in [7, 11) is 0. The third-order valence-corrected chi connectivity index (χ3v) is 5.33. The van der Waals surface area contributed by atoms with E-state index in [1.165, 1.54) is 12.8 Å². The van der Waals surface area contributed by atoms with Crippen LogP contribution in [0.4, 0.5) is 5.95 Å². The highest BCUT2D eigenvalue weighted by molar-refractivity contribution is 6.30. The third-order valence-electron chi connectivity index (χ3n) is 5.10. The Morgan fingerprint density at radius 1 is 1.41 bits per heavy atom. The predicted octanol–water partition coefficient (Wildman–Crippen LogP) is 2.54. The number of imidazole rings is 1. The van der Waals surface area contributed by atoms with Crippen molar-refractivity contribution in [1.82, 2.24) is 24.8 Å². The van der Waals surface area contributed by atoms with Crippen molar-refractivity contribution in [1.29, 1.82) is 0 Å². The van der Waals surface area contributed by atoms with E-state index in [1.54, 1.807) is 10.8 Å². The second kappa shape index (κ2) is 7.70. The monoisotopic (exact) mass is 386 g/mol. The summed E-state index contributed by atoms with van der Waals surface area (Å²) in [4.78, 5) is 24.2. The maximum absolute atomic E-state index is 12.4. The van der Waals surface area contributed by atoms with Gasteiger partial charge in [-0.05, 0) is 62.0 Å². The molecule has 7 nitrogen and oxygen atoms in total. The van der Waals surface area contributed by atoms with Crippen molar-refractivity contribution in [2.75, 3.05) is 25.0 Å². The fourth-order valence-electron chi connectivity index (χ4n) is 3.49. The lowest BCUT2D eigenvalue weighted by Gasteiger charge is -2.22. The Labute approximate surface area is 162 Å². The van der Waals surface area contributed by atoms with Crippen LogP contribution in [0.1, 0.15) is 24.0 Å². The molecule has 1 atom stereocenters. The van der Waals surface area contributed by atoms with E-state index in [1.807, 2.05) is 25.1 Å². The van der Waals surface area contributed by atoms with Gasteiger partial charge in [0.25, 0.3) is 0 Å². The Bertz CT molecular complexity index is 1010. The third kappa shape index (κ3) is 3.99. The fourth-order valence-corrected chi connectivity index (χ4v) is 3.69. The van der Waals surface area contributed by atoms with Gasteiger partial charge in [0.15, 0.2) is 5.65 Å². The van der Waals surface area contributed by atoms with E-state index in [0.717, 1.165) is 30.8 Å². The van der Waals surface area contributed by atoms with Gasteiger partial charge in [-0.15, -0.1) is 0 Å². The Balaban J connectivity index is 1.59. The first-order chi connectivity index (χ1) is 13.1. The van der Waals surface area contributed by atoms with E-state index in [0.29, 0.717) is 34.6 Å². The quantitative estimate of drug-likeness (QED) is 0.627. The number of aromatic nitrogens is 4. The molecule has 1 aliphatic heterocycles. The van der Waals surface area contributed by atoms with E-state index < -0.39 is 0 Å². The number of hydrogen-bond donors (Lipinski definition) is 3. The first-order valence-electron chi connectivity index (χ1n) is 9.25. The molecule has 0 saturated carbocycles. The average Bonchev–Trinajstić information content (AvgIpc) is 2.99. The summed E-state index contributed by atoms with van der Waals surface area (Å²) in [5, 5.41) is 7.38. The van der Waals surface area contributed by atoms with Gasteiger partial charge in [0.05, 0.1) is 12.7 Å². The highest BCUT2D eigenvalue weighted by Crippen LogP contribution is 2.18. The minimum absolute atomic E-state index is 0.202. The fraction of sp³-hybridized carbons (Fsp3) is 0.421. The van der Waals surface area contributed by atoms with Crippen LogP contribution in [0.2, 0.25) is 5.02 Å². The van der Waals surface area contributed by atoms with Crippen molar-refractivity contribution in [3.63, 3.8) is 0 Å². The lowest BCUT2D eigenvalue weighted by molar-refractivity contribution is 0.392. The molecule has 0 radical (unpaired) electrons. The van der Waals surface area contributed by atoms with Crippen LogP contribution in [0.15, 0.2) is 29.2 Å². The van der Waals surface area contributed by atoms with E-state index in [2.05, 4.69) is 25.6 Å². The molecule has 0 amide bonds. The van der Waals surface area contributed by atoms with Crippen molar-refractivity contribution in [3.8, 4) is 0 Å². The molecule has 0 unspecified atom stereocenters. The molecule has 8 heteroatoms. The minimum atomic E-state index is -0.202. The molecule has 0 aliphatic carbocycles. The number of nitrogens with one attached hydrogen (secondary N) is 3. The minimum Gasteiger partial charge on any atom is -0.354 e. The molecule has 2 aromatic heterocycles. The summed E-state index contributed by atoms with van der Waals surface area (Å²) in [6.07, 6.45) is 4.06. The molecule has 1 fully saturated rings. The van der Waals surface area contributed by atoms with E-state index in [4.69, 9.17) is 11.6 Å². The number of halogens is 1. The molecule has 3 N–H and O–H groups in total. The Hall–Kier alpha value is -2.38. The average molecular weight is 387 g/mol. The van der Waals surface area contributed by atoms with Crippen molar-refractivity contribution < 1.29 is 0 Å². The van der Waals surface area contributed by atoms with Gasteiger partial charge in [-0.2, -0.15) is 4.98 Å². The van der Waals surface area contributed by atoms with Crippen LogP contribution in [-0.4, -0.2) is 39.2 Å². The van der Waals surface area contributed by atoms with Gasteiger partial charge in [-0.25, -0.2) is 9.78 Å². The number of hydrogen-bond acceptors (Lipinski definition) is 5. The predicted molar refractivity (Wildman–Crippen MR) is 108 cm³/mol. The molecular weight excluding hydrogens is 364 g/mol. The van der Waals surface area contributed by atoms with Crippen LogP contribution in [0.3, 0.4) is 0 Å². The van der Waals surface area contributed by atoms with Crippen LogP contribution in [0.5, 0.6) is 0 Å². The second-order valence-electron chi connectivity index (χ2n) is 7.11. The number of nitrogens with zero attached hydrogens (tertiary/aromatic N) is 3. The number of aryl methyl sites for hydroxylation is 1. The van der Waals surface area contributed by atoms with Gasteiger partial charge in [0, 0.05) is 11.6 Å². The normalized spacial score (nSPS) is 17.3. The summed E-state index contributed by atoms with van der Waals surface area (Å²) < 4.78 is 1.63. The SMILES string of the molecule is Cc1ccc(Cl)cc1Cn1c(=O)[nH]c2cnc(NC[C@@H]3CCCNC3)nc21. The van der Waals surface area contributed by atoms with Crippen molar-refractivity contribution in [2.45, 2.75) is 26.3 Å². The number of anilines is 1. The van der Waals surface area contributed by atoms with Crippen LogP contribution >= 0.6 is 11.6 Å². The van der Waals surface area contributed by atoms with Gasteiger partial charge in [-0.1, -0.05) is 17.7 Å². The zero-order valence-corrected chi connectivity index (χ0v) is 16.0. The van der Waals surface area contributed by atoms with Gasteiger partial charge >= 0.3 is 5.69 Å². The summed E-state index contributed by atoms with van der Waals surface area (Å²) in [6, 6.07) is 5.69. The van der Waals surface area contributed by atoms with E-state index in [9.17, 15) is 4.79 Å². The van der Waals surface area contributed by atoms with Crippen LogP contribution in [0.25, 0.3) is 11.2 Å². The first-order valence-corrected chi connectivity index (χ1v) is 9.63. The second-order valence-corrected chi connectivity index (χ2v) is 7.55. The zero-order chi connectivity index (χ0) is 18.8. The molecule has 1 aromatic carbocycles. The summed E-state index contributed by atoms with van der Waals surface area (Å²) >= 11 is 6.12. The molecule has 4 rings (SSSR count). The molecular formula is C19H23ClN6O. The summed E-state index contributed by atoms with van der Waals surface area (Å²) in [5.74, 6) is 1.12. The lowest BCUT2D eigenvalue weighted by atomic mass is 10.00. The Kier molecular flexibility index (Phi) is 5.13. The van der Waals surface area contributed by atoms with Gasteiger partial charge < -0.3 is 15.6 Å². The molecule has 142 valence electrons. The van der Waals surface area contributed by atoms with Crippen LogP contribution in [0, 0.1) is 12.8 Å². The number of aromatic amines is 1. The molecule has 3 heterocycles. The number of piperidine rings is 1. The maximum atomic E-state index is 12.4.